The first-order valence-corrected chi connectivity index (χ1v) is 9.84. The van der Waals surface area contributed by atoms with Crippen LogP contribution >= 0.6 is 35.3 Å². The van der Waals surface area contributed by atoms with E-state index in [2.05, 4.69) is 44.3 Å². The number of carbonyl (C=O) groups is 1. The second-order valence-electron chi connectivity index (χ2n) is 6.25. The Morgan fingerprint density at radius 1 is 1.37 bits per heavy atom. The first-order chi connectivity index (χ1) is 12.7. The molecule has 3 rings (SSSR count). The number of aromatic nitrogens is 1. The molecular weight excluding hydrogens is 473 g/mol. The van der Waals surface area contributed by atoms with Gasteiger partial charge in [-0.25, -0.2) is 4.98 Å². The molecule has 1 aromatic heterocycles. The standard InChI is InChI=1S/C19H25N5OS.HI/c1-3-18-23-14(12-26-18)8-9-21-19(20-2)22-11-13-10-17(25)24-16-7-5-4-6-15(13)16;/h4-7,12-13H,3,8-11H2,1-2H3,(H,24,25)(H2,20,21,22);1H. The van der Waals surface area contributed by atoms with Gasteiger partial charge in [0.05, 0.1) is 10.7 Å². The van der Waals surface area contributed by atoms with Crippen LogP contribution in [0.25, 0.3) is 0 Å². The Hall–Kier alpha value is -1.68. The van der Waals surface area contributed by atoms with Gasteiger partial charge in [0.25, 0.3) is 0 Å². The molecule has 0 aliphatic carbocycles. The Labute approximate surface area is 181 Å². The molecule has 3 N–H and O–H groups in total. The van der Waals surface area contributed by atoms with Gasteiger partial charge in [-0.15, -0.1) is 35.3 Å². The Kier molecular flexibility index (Phi) is 8.49. The van der Waals surface area contributed by atoms with E-state index < -0.39 is 0 Å². The fourth-order valence-corrected chi connectivity index (χ4v) is 3.84. The second kappa shape index (κ2) is 10.6. The van der Waals surface area contributed by atoms with E-state index >= 15 is 0 Å². The van der Waals surface area contributed by atoms with Crippen molar-refractivity contribution in [1.82, 2.24) is 15.6 Å². The number of benzene rings is 1. The maximum absolute atomic E-state index is 11.9. The molecule has 0 saturated carbocycles. The third-order valence-corrected chi connectivity index (χ3v) is 5.46. The third kappa shape index (κ3) is 5.90. The van der Waals surface area contributed by atoms with E-state index in [0.717, 1.165) is 36.7 Å². The number of aliphatic imine (C=N–C) groups is 1. The molecule has 0 bridgehead atoms. The van der Waals surface area contributed by atoms with Gasteiger partial charge in [0.2, 0.25) is 5.91 Å². The van der Waals surface area contributed by atoms with Crippen LogP contribution in [0.4, 0.5) is 5.69 Å². The predicted molar refractivity (Wildman–Crippen MR) is 122 cm³/mol. The maximum atomic E-state index is 11.9. The Morgan fingerprint density at radius 3 is 2.93 bits per heavy atom. The molecule has 1 aliphatic rings. The summed E-state index contributed by atoms with van der Waals surface area (Å²) in [5.74, 6) is 0.956. The highest BCUT2D eigenvalue weighted by Gasteiger charge is 2.24. The number of carbonyl (C=O) groups excluding carboxylic acids is 1. The van der Waals surface area contributed by atoms with Gasteiger partial charge in [-0.2, -0.15) is 0 Å². The average Bonchev–Trinajstić information content (AvgIpc) is 3.12. The minimum absolute atomic E-state index is 0. The lowest BCUT2D eigenvalue weighted by atomic mass is 9.90. The number of hydrogen-bond donors (Lipinski definition) is 3. The van der Waals surface area contributed by atoms with Gasteiger partial charge < -0.3 is 16.0 Å². The summed E-state index contributed by atoms with van der Waals surface area (Å²) in [5, 5.41) is 12.9. The molecule has 146 valence electrons. The van der Waals surface area contributed by atoms with Gasteiger partial charge in [-0.1, -0.05) is 25.1 Å². The maximum Gasteiger partial charge on any atom is 0.225 e. The number of para-hydroxylation sites is 1. The highest BCUT2D eigenvalue weighted by molar-refractivity contribution is 14.0. The van der Waals surface area contributed by atoms with Crippen molar-refractivity contribution < 1.29 is 4.79 Å². The van der Waals surface area contributed by atoms with E-state index in [-0.39, 0.29) is 35.8 Å². The molecule has 6 nitrogen and oxygen atoms in total. The first-order valence-electron chi connectivity index (χ1n) is 8.96. The monoisotopic (exact) mass is 499 g/mol. The summed E-state index contributed by atoms with van der Waals surface area (Å²) in [6.07, 6.45) is 2.34. The molecule has 1 aromatic carbocycles. The number of halogens is 1. The highest BCUT2D eigenvalue weighted by atomic mass is 127. The summed E-state index contributed by atoms with van der Waals surface area (Å²) in [5.41, 5.74) is 3.20. The average molecular weight is 499 g/mol. The molecular formula is C19H26IN5OS. The molecule has 0 saturated heterocycles. The summed E-state index contributed by atoms with van der Waals surface area (Å²) >= 11 is 1.71. The molecule has 1 aliphatic heterocycles. The van der Waals surface area contributed by atoms with Crippen molar-refractivity contribution in [2.45, 2.75) is 32.1 Å². The number of rotatable bonds is 6. The predicted octanol–water partition coefficient (Wildman–Crippen LogP) is 3.16. The fourth-order valence-electron chi connectivity index (χ4n) is 3.06. The van der Waals surface area contributed by atoms with Gasteiger partial charge in [0.1, 0.15) is 0 Å². The number of fused-ring (bicyclic) bond motifs is 1. The third-order valence-electron chi connectivity index (χ3n) is 4.42. The number of thiazole rings is 1. The molecule has 27 heavy (non-hydrogen) atoms. The van der Waals surface area contributed by atoms with Gasteiger partial charge >= 0.3 is 0 Å². The number of hydrogen-bond acceptors (Lipinski definition) is 4. The van der Waals surface area contributed by atoms with Crippen LogP contribution in [0.5, 0.6) is 0 Å². The minimum atomic E-state index is 0. The van der Waals surface area contributed by atoms with E-state index in [1.165, 1.54) is 10.6 Å². The normalized spacial score (nSPS) is 16.1. The van der Waals surface area contributed by atoms with E-state index in [4.69, 9.17) is 0 Å². The lowest BCUT2D eigenvalue weighted by Crippen LogP contribution is -2.41. The zero-order valence-electron chi connectivity index (χ0n) is 15.6. The van der Waals surface area contributed by atoms with Crippen LogP contribution in [0.3, 0.4) is 0 Å². The van der Waals surface area contributed by atoms with Crippen molar-refractivity contribution in [2.75, 3.05) is 25.5 Å². The van der Waals surface area contributed by atoms with Crippen molar-refractivity contribution in [1.29, 1.82) is 0 Å². The zero-order chi connectivity index (χ0) is 18.4. The van der Waals surface area contributed by atoms with Gasteiger partial charge in [-0.3, -0.25) is 9.79 Å². The van der Waals surface area contributed by atoms with Crippen LogP contribution in [0, 0.1) is 0 Å². The molecule has 1 amide bonds. The van der Waals surface area contributed by atoms with Crippen molar-refractivity contribution >= 4 is 52.9 Å². The van der Waals surface area contributed by atoms with E-state index in [1.807, 2.05) is 18.2 Å². The number of anilines is 1. The van der Waals surface area contributed by atoms with Crippen LogP contribution in [-0.4, -0.2) is 37.0 Å². The summed E-state index contributed by atoms with van der Waals surface area (Å²) < 4.78 is 0. The Balaban J connectivity index is 0.00000261. The number of aryl methyl sites for hydroxylation is 1. The molecule has 0 spiro atoms. The highest BCUT2D eigenvalue weighted by Crippen LogP contribution is 2.31. The Morgan fingerprint density at radius 2 is 2.19 bits per heavy atom. The molecule has 0 fully saturated rings. The topological polar surface area (TPSA) is 78.4 Å². The summed E-state index contributed by atoms with van der Waals surface area (Å²) in [6.45, 7) is 3.56. The summed E-state index contributed by atoms with van der Waals surface area (Å²) in [6, 6.07) is 7.97. The van der Waals surface area contributed by atoms with Crippen LogP contribution in [0.2, 0.25) is 0 Å². The Bertz CT molecular complexity index is 792. The van der Waals surface area contributed by atoms with Crippen LogP contribution in [-0.2, 0) is 17.6 Å². The SMILES string of the molecule is CCc1nc(CCNC(=NC)NCC2CC(=O)Nc3ccccc32)cs1.I. The van der Waals surface area contributed by atoms with Crippen LogP contribution in [0.15, 0.2) is 34.6 Å². The number of guanidine groups is 1. The van der Waals surface area contributed by atoms with Gasteiger partial charge in [0, 0.05) is 50.0 Å². The number of nitrogens with one attached hydrogen (secondary N) is 3. The van der Waals surface area contributed by atoms with E-state index in [9.17, 15) is 4.79 Å². The molecule has 1 atom stereocenters. The van der Waals surface area contributed by atoms with Gasteiger partial charge in [-0.05, 0) is 18.1 Å². The largest absolute Gasteiger partial charge is 0.356 e. The van der Waals surface area contributed by atoms with E-state index in [0.29, 0.717) is 13.0 Å². The fraction of sp³-hybridized carbons (Fsp3) is 0.421. The quantitative estimate of drug-likeness (QED) is 0.324. The van der Waals surface area contributed by atoms with Crippen molar-refractivity contribution in [3.8, 4) is 0 Å². The molecule has 2 heterocycles. The smallest absolute Gasteiger partial charge is 0.225 e. The minimum Gasteiger partial charge on any atom is -0.356 e. The van der Waals surface area contributed by atoms with Crippen LogP contribution < -0.4 is 16.0 Å². The molecule has 2 aromatic rings. The van der Waals surface area contributed by atoms with Crippen molar-refractivity contribution in [2.24, 2.45) is 4.99 Å². The zero-order valence-corrected chi connectivity index (χ0v) is 18.8. The number of amides is 1. The lowest BCUT2D eigenvalue weighted by Gasteiger charge is -2.26. The summed E-state index contributed by atoms with van der Waals surface area (Å²) in [7, 11) is 1.76. The molecule has 8 heteroatoms. The summed E-state index contributed by atoms with van der Waals surface area (Å²) in [4.78, 5) is 20.8. The molecule has 1 unspecified atom stereocenters. The number of nitrogens with zero attached hydrogens (tertiary/aromatic N) is 2. The van der Waals surface area contributed by atoms with Gasteiger partial charge in [0.15, 0.2) is 5.96 Å². The lowest BCUT2D eigenvalue weighted by molar-refractivity contribution is -0.116. The van der Waals surface area contributed by atoms with E-state index in [1.54, 1.807) is 18.4 Å². The first kappa shape index (κ1) is 21.6. The molecule has 0 radical (unpaired) electrons. The second-order valence-corrected chi connectivity index (χ2v) is 7.20. The van der Waals surface area contributed by atoms with Crippen molar-refractivity contribution in [3.05, 3.63) is 45.9 Å². The van der Waals surface area contributed by atoms with Crippen molar-refractivity contribution in [3.63, 3.8) is 0 Å². The van der Waals surface area contributed by atoms with Crippen LogP contribution in [0.1, 0.15) is 35.5 Å².